The molecule has 1 aliphatic rings. The van der Waals surface area contributed by atoms with Crippen LogP contribution in [0, 0.1) is 6.92 Å². The number of rotatable bonds is 5. The zero-order valence-corrected chi connectivity index (χ0v) is 14.0. The maximum atomic E-state index is 4.85. The van der Waals surface area contributed by atoms with E-state index in [1.54, 1.807) is 12.4 Å². The summed E-state index contributed by atoms with van der Waals surface area (Å²) in [6.45, 7) is 5.84. The number of unbranched alkanes of at least 4 members (excludes halogenated alkanes) is 2. The first-order chi connectivity index (χ1) is 11.8. The Morgan fingerprint density at radius 2 is 2.00 bits per heavy atom. The lowest BCUT2D eigenvalue weighted by Crippen LogP contribution is -2.28. The van der Waals surface area contributed by atoms with Crippen LogP contribution < -0.4 is 4.90 Å². The predicted octanol–water partition coefficient (Wildman–Crippen LogP) is 3.06. The Hall–Kier alpha value is -2.70. The van der Waals surface area contributed by atoms with Gasteiger partial charge in [0, 0.05) is 24.5 Å². The zero-order chi connectivity index (χ0) is 16.5. The summed E-state index contributed by atoms with van der Waals surface area (Å²) in [5, 5.41) is 8.61. The van der Waals surface area contributed by atoms with Gasteiger partial charge in [0.05, 0.1) is 12.2 Å². The number of H-pyrrole nitrogens is 1. The van der Waals surface area contributed by atoms with Gasteiger partial charge in [-0.3, -0.25) is 14.5 Å². The Balaban J connectivity index is 1.73. The van der Waals surface area contributed by atoms with Gasteiger partial charge >= 0.3 is 0 Å². The highest BCUT2D eigenvalue weighted by molar-refractivity contribution is 5.65. The smallest absolute Gasteiger partial charge is 0.233 e. The predicted molar refractivity (Wildman–Crippen MR) is 92.2 cm³/mol. The molecule has 4 heterocycles. The molecule has 1 N–H and O–H groups in total. The van der Waals surface area contributed by atoms with E-state index >= 15 is 0 Å². The van der Waals surface area contributed by atoms with Crippen LogP contribution in [-0.2, 0) is 6.54 Å². The van der Waals surface area contributed by atoms with Crippen LogP contribution in [0.5, 0.6) is 0 Å². The van der Waals surface area contributed by atoms with E-state index in [1.165, 1.54) is 12.8 Å². The molecule has 24 heavy (non-hydrogen) atoms. The highest BCUT2D eigenvalue weighted by atomic mass is 15.4. The van der Waals surface area contributed by atoms with Gasteiger partial charge in [-0.2, -0.15) is 0 Å². The topological polar surface area (TPSA) is 75.5 Å². The van der Waals surface area contributed by atoms with Gasteiger partial charge < -0.3 is 4.98 Å². The molecule has 0 radical (unpaired) electrons. The van der Waals surface area contributed by atoms with Crippen molar-refractivity contribution in [1.82, 2.24) is 29.7 Å². The number of pyridine rings is 1. The van der Waals surface area contributed by atoms with Crippen molar-refractivity contribution in [3.63, 3.8) is 0 Å². The van der Waals surface area contributed by atoms with Crippen LogP contribution in [0.2, 0.25) is 0 Å². The Bertz CT molecular complexity index is 834. The molecule has 0 bridgehead atoms. The summed E-state index contributed by atoms with van der Waals surface area (Å²) in [5.41, 5.74) is 2.15. The lowest BCUT2D eigenvalue weighted by molar-refractivity contribution is 0.659. The average Bonchev–Trinajstić information content (AvgIpc) is 3.20. The van der Waals surface area contributed by atoms with Crippen LogP contribution >= 0.6 is 0 Å². The van der Waals surface area contributed by atoms with Crippen LogP contribution in [0.3, 0.4) is 0 Å². The zero-order valence-electron chi connectivity index (χ0n) is 14.0. The van der Waals surface area contributed by atoms with E-state index in [0.29, 0.717) is 0 Å². The van der Waals surface area contributed by atoms with Gasteiger partial charge in [-0.15, -0.1) is 10.2 Å². The summed E-state index contributed by atoms with van der Waals surface area (Å²) in [6.07, 6.45) is 7.07. The van der Waals surface area contributed by atoms with Gasteiger partial charge in [-0.25, -0.2) is 4.98 Å². The first-order valence-electron chi connectivity index (χ1n) is 8.44. The van der Waals surface area contributed by atoms with E-state index in [9.17, 15) is 0 Å². The Morgan fingerprint density at radius 3 is 2.79 bits per heavy atom. The normalized spacial score (nSPS) is 13.0. The lowest BCUT2D eigenvalue weighted by Gasteiger charge is -2.27. The SMILES string of the molecule is CCCCCN1c2nc(-c3ccncc3)[nH]c2Cn2c(C)nnc21. The van der Waals surface area contributed by atoms with E-state index < -0.39 is 0 Å². The van der Waals surface area contributed by atoms with Crippen molar-refractivity contribution < 1.29 is 0 Å². The molecule has 0 aromatic carbocycles. The van der Waals surface area contributed by atoms with Crippen molar-refractivity contribution in [2.24, 2.45) is 0 Å². The van der Waals surface area contributed by atoms with Crippen LogP contribution in [0.25, 0.3) is 11.4 Å². The molecule has 0 saturated heterocycles. The minimum atomic E-state index is 0.728. The third kappa shape index (κ3) is 2.46. The fourth-order valence-electron chi connectivity index (χ4n) is 3.11. The molecule has 4 rings (SSSR count). The van der Waals surface area contributed by atoms with Crippen LogP contribution in [0.4, 0.5) is 11.8 Å². The number of aromatic nitrogens is 6. The van der Waals surface area contributed by atoms with Crippen molar-refractivity contribution in [3.8, 4) is 11.4 Å². The van der Waals surface area contributed by atoms with E-state index in [4.69, 9.17) is 4.98 Å². The summed E-state index contributed by atoms with van der Waals surface area (Å²) in [4.78, 5) is 14.6. The summed E-state index contributed by atoms with van der Waals surface area (Å²) in [5.74, 6) is 3.66. The monoisotopic (exact) mass is 323 g/mol. The number of aryl methyl sites for hydroxylation is 1. The molecular weight excluding hydrogens is 302 g/mol. The maximum Gasteiger partial charge on any atom is 0.233 e. The minimum Gasteiger partial charge on any atom is -0.339 e. The van der Waals surface area contributed by atoms with E-state index in [1.807, 2.05) is 19.1 Å². The molecule has 0 atom stereocenters. The number of nitrogens with one attached hydrogen (secondary N) is 1. The second-order valence-corrected chi connectivity index (χ2v) is 6.12. The summed E-state index contributed by atoms with van der Waals surface area (Å²) in [6, 6.07) is 3.94. The third-order valence-corrected chi connectivity index (χ3v) is 4.43. The lowest BCUT2D eigenvalue weighted by atomic mass is 10.2. The van der Waals surface area contributed by atoms with Crippen molar-refractivity contribution in [1.29, 1.82) is 0 Å². The standard InChI is InChI=1S/C17H21N7/c1-3-4-5-10-23-16-14(11-24-12(2)21-22-17(23)24)19-15(20-16)13-6-8-18-9-7-13/h6-9H,3-5,10-11H2,1-2H3,(H,19,20). The van der Waals surface area contributed by atoms with Crippen molar-refractivity contribution in [2.45, 2.75) is 39.7 Å². The average molecular weight is 323 g/mol. The summed E-state index contributed by atoms with van der Waals surface area (Å²) < 4.78 is 2.14. The summed E-state index contributed by atoms with van der Waals surface area (Å²) >= 11 is 0. The van der Waals surface area contributed by atoms with Gasteiger partial charge in [0.25, 0.3) is 0 Å². The molecular formula is C17H21N7. The molecule has 0 amide bonds. The van der Waals surface area contributed by atoms with Crippen molar-refractivity contribution in [3.05, 3.63) is 36.0 Å². The number of anilines is 2. The molecule has 7 heteroatoms. The van der Waals surface area contributed by atoms with Gasteiger partial charge in [0.15, 0.2) is 5.82 Å². The molecule has 0 spiro atoms. The van der Waals surface area contributed by atoms with Gasteiger partial charge in [-0.1, -0.05) is 19.8 Å². The van der Waals surface area contributed by atoms with Crippen LogP contribution in [-0.4, -0.2) is 36.3 Å². The van der Waals surface area contributed by atoms with Crippen molar-refractivity contribution >= 4 is 11.8 Å². The minimum absolute atomic E-state index is 0.728. The molecule has 3 aromatic heterocycles. The van der Waals surface area contributed by atoms with E-state index in [-0.39, 0.29) is 0 Å². The molecule has 1 aliphatic heterocycles. The molecule has 0 unspecified atom stereocenters. The number of fused-ring (bicyclic) bond motifs is 2. The maximum absolute atomic E-state index is 4.85. The first-order valence-corrected chi connectivity index (χ1v) is 8.44. The van der Waals surface area contributed by atoms with E-state index in [2.05, 4.69) is 36.6 Å². The molecule has 3 aromatic rings. The van der Waals surface area contributed by atoms with Crippen molar-refractivity contribution in [2.75, 3.05) is 11.4 Å². The molecule has 7 nitrogen and oxygen atoms in total. The fourth-order valence-corrected chi connectivity index (χ4v) is 3.11. The molecule has 0 aliphatic carbocycles. The second kappa shape index (κ2) is 6.07. The number of hydrogen-bond donors (Lipinski definition) is 1. The number of nitrogens with zero attached hydrogens (tertiary/aromatic N) is 6. The Morgan fingerprint density at radius 1 is 1.17 bits per heavy atom. The first kappa shape index (κ1) is 14.9. The fraction of sp³-hybridized carbons (Fsp3) is 0.412. The van der Waals surface area contributed by atoms with Crippen LogP contribution in [0.1, 0.15) is 37.7 Å². The van der Waals surface area contributed by atoms with Gasteiger partial charge in [-0.05, 0) is 25.5 Å². The van der Waals surface area contributed by atoms with Crippen LogP contribution in [0.15, 0.2) is 24.5 Å². The van der Waals surface area contributed by atoms with Gasteiger partial charge in [0.1, 0.15) is 11.6 Å². The highest BCUT2D eigenvalue weighted by Gasteiger charge is 2.29. The number of aromatic amines is 1. The third-order valence-electron chi connectivity index (χ3n) is 4.43. The van der Waals surface area contributed by atoms with E-state index in [0.717, 1.165) is 54.2 Å². The quantitative estimate of drug-likeness (QED) is 0.730. The Kier molecular flexibility index (Phi) is 3.76. The second-order valence-electron chi connectivity index (χ2n) is 6.12. The van der Waals surface area contributed by atoms with Gasteiger partial charge in [0.2, 0.25) is 5.95 Å². The largest absolute Gasteiger partial charge is 0.339 e. The number of hydrogen-bond acceptors (Lipinski definition) is 5. The molecule has 0 saturated carbocycles. The number of imidazole rings is 1. The highest BCUT2D eigenvalue weighted by Crippen LogP contribution is 2.34. The molecule has 0 fully saturated rings. The molecule has 124 valence electrons. The summed E-state index contributed by atoms with van der Waals surface area (Å²) in [7, 11) is 0. The Labute approximate surface area is 140 Å².